The molecule has 1 rings (SSSR count). The van der Waals surface area contributed by atoms with Crippen LogP contribution in [0.25, 0.3) is 0 Å². The van der Waals surface area contributed by atoms with E-state index < -0.39 is 17.1 Å². The number of likely N-dealkylation sites (N-methyl/N-ethyl adjacent to an activating group) is 1. The Morgan fingerprint density at radius 1 is 1.50 bits per heavy atom. The zero-order chi connectivity index (χ0) is 12.0. The lowest BCUT2D eigenvalue weighted by Gasteiger charge is -2.06. The van der Waals surface area contributed by atoms with Gasteiger partial charge in [-0.15, -0.1) is 0 Å². The average Bonchev–Trinajstić information content (AvgIpc) is 2.28. The summed E-state index contributed by atoms with van der Waals surface area (Å²) in [6.07, 6.45) is 1.07. The predicted octanol–water partition coefficient (Wildman–Crippen LogP) is -1.47. The Labute approximate surface area is 91.8 Å². The monoisotopic (exact) mass is 226 g/mol. The van der Waals surface area contributed by atoms with E-state index in [0.717, 1.165) is 12.3 Å². The van der Waals surface area contributed by atoms with Crippen LogP contribution in [0.2, 0.25) is 0 Å². The molecule has 7 nitrogen and oxygen atoms in total. The van der Waals surface area contributed by atoms with Crippen molar-refractivity contribution in [1.29, 1.82) is 0 Å². The van der Waals surface area contributed by atoms with Crippen molar-refractivity contribution in [2.24, 2.45) is 0 Å². The van der Waals surface area contributed by atoms with Gasteiger partial charge >= 0.3 is 0 Å². The molecular weight excluding hydrogens is 212 g/mol. The Bertz CT molecular complexity index is 415. The molecule has 0 saturated carbocycles. The minimum atomic E-state index is -0.598. The van der Waals surface area contributed by atoms with Crippen LogP contribution >= 0.6 is 0 Å². The number of hydrazine groups is 1. The molecule has 1 aromatic rings. The van der Waals surface area contributed by atoms with Gasteiger partial charge in [0.25, 0.3) is 5.91 Å². The molecule has 0 bridgehead atoms. The number of hydrogen-bond donors (Lipinski definition) is 5. The molecule has 5 N–H and O–H groups in total. The lowest BCUT2D eigenvalue weighted by atomic mass is 10.3. The molecule has 1 amide bonds. The fraction of sp³-hybridized carbons (Fsp3) is 0.333. The Balaban J connectivity index is 2.53. The van der Waals surface area contributed by atoms with Gasteiger partial charge in [-0.1, -0.05) is 0 Å². The third-order valence-corrected chi connectivity index (χ3v) is 1.84. The number of aromatic amines is 1. The molecule has 1 heterocycles. The van der Waals surface area contributed by atoms with Crippen molar-refractivity contribution in [1.82, 2.24) is 21.2 Å². The molecule has 0 atom stereocenters. The molecule has 0 unspecified atom stereocenters. The van der Waals surface area contributed by atoms with E-state index in [1.54, 1.807) is 7.05 Å². The maximum atomic E-state index is 11.4. The van der Waals surface area contributed by atoms with Gasteiger partial charge in [-0.05, 0) is 7.05 Å². The van der Waals surface area contributed by atoms with Gasteiger partial charge in [0, 0.05) is 25.4 Å². The molecule has 1 aromatic heterocycles. The summed E-state index contributed by atoms with van der Waals surface area (Å²) in [5, 5.41) is 11.9. The highest BCUT2D eigenvalue weighted by Gasteiger charge is 2.07. The van der Waals surface area contributed by atoms with Crippen LogP contribution in [0.5, 0.6) is 5.75 Å². The van der Waals surface area contributed by atoms with Crippen molar-refractivity contribution in [3.8, 4) is 5.75 Å². The maximum absolute atomic E-state index is 11.4. The van der Waals surface area contributed by atoms with Crippen LogP contribution in [-0.4, -0.2) is 36.1 Å². The summed E-state index contributed by atoms with van der Waals surface area (Å²) >= 11 is 0. The molecule has 88 valence electrons. The van der Waals surface area contributed by atoms with Crippen LogP contribution in [0, 0.1) is 0 Å². The minimum Gasteiger partial charge on any atom is -0.503 e. The number of hydrogen-bond acceptors (Lipinski definition) is 5. The molecular formula is C9H14N4O3. The lowest BCUT2D eigenvalue weighted by Crippen LogP contribution is -2.41. The van der Waals surface area contributed by atoms with Gasteiger partial charge in [-0.2, -0.15) is 0 Å². The summed E-state index contributed by atoms with van der Waals surface area (Å²) in [5.74, 6) is -0.882. The highest BCUT2D eigenvalue weighted by molar-refractivity contribution is 5.91. The van der Waals surface area contributed by atoms with Crippen LogP contribution in [0.15, 0.2) is 17.1 Å². The zero-order valence-corrected chi connectivity index (χ0v) is 8.83. The second kappa shape index (κ2) is 5.89. The number of aromatic nitrogens is 1. The van der Waals surface area contributed by atoms with E-state index in [9.17, 15) is 9.59 Å². The molecule has 0 saturated heterocycles. The Kier molecular flexibility index (Phi) is 4.49. The van der Waals surface area contributed by atoms with Crippen molar-refractivity contribution >= 4 is 5.91 Å². The summed E-state index contributed by atoms with van der Waals surface area (Å²) < 4.78 is 0. The van der Waals surface area contributed by atoms with Crippen molar-refractivity contribution in [2.45, 2.75) is 0 Å². The number of rotatable bonds is 5. The molecule has 0 fully saturated rings. The van der Waals surface area contributed by atoms with Crippen LogP contribution in [0.4, 0.5) is 0 Å². The first kappa shape index (κ1) is 12.2. The molecule has 0 aliphatic heterocycles. The van der Waals surface area contributed by atoms with E-state index in [1.165, 1.54) is 0 Å². The van der Waals surface area contributed by atoms with Gasteiger partial charge in [0.05, 0.1) is 0 Å². The average molecular weight is 226 g/mol. The maximum Gasteiger partial charge on any atom is 0.281 e. The summed E-state index contributed by atoms with van der Waals surface area (Å²) in [4.78, 5) is 25.0. The highest BCUT2D eigenvalue weighted by Crippen LogP contribution is 1.97. The smallest absolute Gasteiger partial charge is 0.281 e. The van der Waals surface area contributed by atoms with Gasteiger partial charge in [-0.3, -0.25) is 15.0 Å². The van der Waals surface area contributed by atoms with Crippen LogP contribution < -0.4 is 21.6 Å². The number of nitrogens with one attached hydrogen (secondary N) is 4. The normalized spacial score (nSPS) is 10.1. The van der Waals surface area contributed by atoms with Gasteiger partial charge in [0.1, 0.15) is 5.69 Å². The van der Waals surface area contributed by atoms with E-state index >= 15 is 0 Å². The standard InChI is InChI=1S/C9H14N4O3/c1-10-2-3-12-13-9(16)6-4-7(14)8(15)5-11-6/h4-5,10,12,15H,2-3H2,1H3,(H,11,14)(H,13,16). The molecule has 0 radical (unpaired) electrons. The van der Waals surface area contributed by atoms with Crippen LogP contribution in [0.3, 0.4) is 0 Å². The van der Waals surface area contributed by atoms with Gasteiger partial charge < -0.3 is 15.4 Å². The number of amides is 1. The zero-order valence-electron chi connectivity index (χ0n) is 8.83. The van der Waals surface area contributed by atoms with Gasteiger partial charge in [0.15, 0.2) is 5.75 Å². The number of H-pyrrole nitrogens is 1. The fourth-order valence-corrected chi connectivity index (χ4v) is 0.993. The summed E-state index contributed by atoms with van der Waals surface area (Å²) in [6.45, 7) is 1.26. The molecule has 0 spiro atoms. The number of aromatic hydroxyl groups is 1. The Hall–Kier alpha value is -1.86. The first-order valence-corrected chi connectivity index (χ1v) is 4.74. The summed E-state index contributed by atoms with van der Waals surface area (Å²) in [5.41, 5.74) is 4.56. The van der Waals surface area contributed by atoms with Crippen molar-refractivity contribution < 1.29 is 9.90 Å². The van der Waals surface area contributed by atoms with E-state index in [4.69, 9.17) is 5.11 Å². The third kappa shape index (κ3) is 3.37. The van der Waals surface area contributed by atoms with Gasteiger partial charge in [-0.25, -0.2) is 5.43 Å². The topological polar surface area (TPSA) is 106 Å². The quantitative estimate of drug-likeness (QED) is 0.311. The summed E-state index contributed by atoms with van der Waals surface area (Å²) in [6, 6.07) is 1.03. The SMILES string of the molecule is CNCCNNC(=O)c1cc(=O)c(O)c[nH]1. The second-order valence-electron chi connectivity index (χ2n) is 3.08. The number of pyridine rings is 1. The van der Waals surface area contributed by atoms with Crippen molar-refractivity contribution in [2.75, 3.05) is 20.1 Å². The Morgan fingerprint density at radius 2 is 2.25 bits per heavy atom. The van der Waals surface area contributed by atoms with Gasteiger partial charge in [0.2, 0.25) is 5.43 Å². The molecule has 0 aromatic carbocycles. The molecule has 16 heavy (non-hydrogen) atoms. The lowest BCUT2D eigenvalue weighted by molar-refractivity contribution is 0.0928. The van der Waals surface area contributed by atoms with E-state index in [1.807, 2.05) is 0 Å². The van der Waals surface area contributed by atoms with E-state index in [-0.39, 0.29) is 5.69 Å². The first-order chi connectivity index (χ1) is 7.65. The van der Waals surface area contributed by atoms with Crippen molar-refractivity contribution in [3.05, 3.63) is 28.2 Å². The largest absolute Gasteiger partial charge is 0.503 e. The molecule has 7 heteroatoms. The number of carbonyl (C=O) groups is 1. The number of carbonyl (C=O) groups excluding carboxylic acids is 1. The first-order valence-electron chi connectivity index (χ1n) is 4.74. The molecule has 0 aliphatic carbocycles. The highest BCUT2D eigenvalue weighted by atomic mass is 16.3. The fourth-order valence-electron chi connectivity index (χ4n) is 0.993. The van der Waals surface area contributed by atoms with Crippen LogP contribution in [0.1, 0.15) is 10.5 Å². The predicted molar refractivity (Wildman–Crippen MR) is 58.1 cm³/mol. The minimum absolute atomic E-state index is 0.0831. The second-order valence-corrected chi connectivity index (χ2v) is 3.08. The Morgan fingerprint density at radius 3 is 2.88 bits per heavy atom. The molecule has 0 aliphatic rings. The van der Waals surface area contributed by atoms with Crippen LogP contribution in [-0.2, 0) is 0 Å². The summed E-state index contributed by atoms with van der Waals surface area (Å²) in [7, 11) is 1.79. The third-order valence-electron chi connectivity index (χ3n) is 1.84. The van der Waals surface area contributed by atoms with Crippen molar-refractivity contribution in [3.63, 3.8) is 0 Å². The van der Waals surface area contributed by atoms with E-state index in [0.29, 0.717) is 13.1 Å². The van der Waals surface area contributed by atoms with E-state index in [2.05, 4.69) is 21.2 Å².